The summed E-state index contributed by atoms with van der Waals surface area (Å²) in [5.74, 6) is -0.526. The van der Waals surface area contributed by atoms with Crippen molar-refractivity contribution in [3.05, 3.63) is 74.4 Å². The van der Waals surface area contributed by atoms with Crippen molar-refractivity contribution in [2.75, 3.05) is 25.2 Å². The minimum absolute atomic E-state index is 0.0254. The van der Waals surface area contributed by atoms with E-state index in [0.29, 0.717) is 46.7 Å². The van der Waals surface area contributed by atoms with Crippen molar-refractivity contribution in [2.45, 2.75) is 26.8 Å². The molecule has 1 fully saturated rings. The topological polar surface area (TPSA) is 85.3 Å². The molecule has 36 heavy (non-hydrogen) atoms. The molecule has 0 aliphatic carbocycles. The van der Waals surface area contributed by atoms with Crippen LogP contribution >= 0.6 is 22.9 Å². The minimum Gasteiger partial charge on any atom is -0.507 e. The standard InChI is InChI=1S/C27H26ClNO6S/c1-5-34-17-8-9-18(21(14-17)35-6-2)24(30)22-23(26-15(3)11-12-36-26)29(27(32)25(22)31)16-7-10-20(33-4)19(28)13-16/h7-14,23,30H,5-6H2,1-4H3/b24-22+. The van der Waals surface area contributed by atoms with Gasteiger partial charge in [0.15, 0.2) is 0 Å². The lowest BCUT2D eigenvalue weighted by atomic mass is 9.97. The van der Waals surface area contributed by atoms with Gasteiger partial charge in [0.1, 0.15) is 29.0 Å². The van der Waals surface area contributed by atoms with Crippen LogP contribution in [0.4, 0.5) is 5.69 Å². The van der Waals surface area contributed by atoms with Crippen molar-refractivity contribution in [1.82, 2.24) is 0 Å². The molecule has 9 heteroatoms. The SMILES string of the molecule is CCOc1ccc(/C(O)=C2\C(=O)C(=O)N(c3ccc(OC)c(Cl)c3)C2c2sccc2C)c(OCC)c1. The minimum atomic E-state index is -0.851. The molecule has 1 aliphatic rings. The molecular formula is C27H26ClNO6S. The van der Waals surface area contributed by atoms with Crippen molar-refractivity contribution < 1.29 is 28.9 Å². The third kappa shape index (κ3) is 4.54. The zero-order chi connectivity index (χ0) is 26.0. The lowest BCUT2D eigenvalue weighted by Crippen LogP contribution is -2.29. The molecule has 2 heterocycles. The lowest BCUT2D eigenvalue weighted by Gasteiger charge is -2.25. The van der Waals surface area contributed by atoms with Crippen molar-refractivity contribution >= 4 is 46.1 Å². The van der Waals surface area contributed by atoms with Crippen LogP contribution in [0.3, 0.4) is 0 Å². The number of anilines is 1. The molecule has 1 atom stereocenters. The van der Waals surface area contributed by atoms with Gasteiger partial charge < -0.3 is 19.3 Å². The summed E-state index contributed by atoms with van der Waals surface area (Å²) < 4.78 is 16.6. The Bertz CT molecular complexity index is 1350. The van der Waals surface area contributed by atoms with Crippen LogP contribution in [-0.2, 0) is 9.59 Å². The van der Waals surface area contributed by atoms with E-state index in [1.807, 2.05) is 32.2 Å². The van der Waals surface area contributed by atoms with Gasteiger partial charge in [-0.05, 0) is 68.1 Å². The van der Waals surface area contributed by atoms with Gasteiger partial charge in [-0.3, -0.25) is 14.5 Å². The lowest BCUT2D eigenvalue weighted by molar-refractivity contribution is -0.132. The molecule has 1 unspecified atom stereocenters. The number of carbonyl (C=O) groups is 2. The maximum absolute atomic E-state index is 13.4. The number of hydrogen-bond donors (Lipinski definition) is 1. The number of nitrogens with zero attached hydrogens (tertiary/aromatic N) is 1. The Hall–Kier alpha value is -3.49. The molecular weight excluding hydrogens is 502 g/mol. The van der Waals surface area contributed by atoms with Crippen LogP contribution < -0.4 is 19.1 Å². The number of ketones is 1. The van der Waals surface area contributed by atoms with Gasteiger partial charge in [0.05, 0.1) is 36.5 Å². The van der Waals surface area contributed by atoms with E-state index in [9.17, 15) is 14.7 Å². The van der Waals surface area contributed by atoms with Crippen molar-refractivity contribution in [2.24, 2.45) is 0 Å². The van der Waals surface area contributed by atoms with E-state index in [2.05, 4.69) is 0 Å². The smallest absolute Gasteiger partial charge is 0.300 e. The number of thiophene rings is 1. The Morgan fingerprint density at radius 1 is 1.06 bits per heavy atom. The summed E-state index contributed by atoms with van der Waals surface area (Å²) in [5.41, 5.74) is 1.57. The summed E-state index contributed by atoms with van der Waals surface area (Å²) in [4.78, 5) is 29.0. The van der Waals surface area contributed by atoms with Crippen LogP contribution in [0.2, 0.25) is 5.02 Å². The molecule has 2 aromatic carbocycles. The van der Waals surface area contributed by atoms with E-state index >= 15 is 0 Å². The molecule has 1 amide bonds. The molecule has 7 nitrogen and oxygen atoms in total. The highest BCUT2D eigenvalue weighted by Gasteiger charge is 2.48. The zero-order valence-electron chi connectivity index (χ0n) is 20.3. The van der Waals surface area contributed by atoms with E-state index in [0.717, 1.165) is 10.4 Å². The van der Waals surface area contributed by atoms with Crippen molar-refractivity contribution in [3.63, 3.8) is 0 Å². The van der Waals surface area contributed by atoms with Gasteiger partial charge in [-0.15, -0.1) is 11.3 Å². The monoisotopic (exact) mass is 527 g/mol. The normalized spacial score (nSPS) is 16.9. The number of methoxy groups -OCH3 is 1. The number of rotatable bonds is 8. The highest BCUT2D eigenvalue weighted by atomic mass is 35.5. The van der Waals surface area contributed by atoms with Crippen LogP contribution in [-0.4, -0.2) is 37.1 Å². The van der Waals surface area contributed by atoms with Gasteiger partial charge in [0.2, 0.25) is 0 Å². The quantitative estimate of drug-likeness (QED) is 0.215. The molecule has 0 radical (unpaired) electrons. The molecule has 1 aromatic heterocycles. The van der Waals surface area contributed by atoms with Crippen LogP contribution in [0.25, 0.3) is 5.76 Å². The van der Waals surface area contributed by atoms with E-state index < -0.39 is 17.7 Å². The number of amides is 1. The average molecular weight is 528 g/mol. The van der Waals surface area contributed by atoms with E-state index in [-0.39, 0.29) is 11.3 Å². The summed E-state index contributed by atoms with van der Waals surface area (Å²) >= 11 is 7.75. The van der Waals surface area contributed by atoms with Crippen LogP contribution in [0.1, 0.15) is 35.9 Å². The zero-order valence-corrected chi connectivity index (χ0v) is 21.9. The summed E-state index contributed by atoms with van der Waals surface area (Å²) in [6.07, 6.45) is 0. The summed E-state index contributed by atoms with van der Waals surface area (Å²) in [7, 11) is 1.49. The first kappa shape index (κ1) is 25.6. The second-order valence-corrected chi connectivity index (χ2v) is 9.33. The Balaban J connectivity index is 1.93. The molecule has 0 bridgehead atoms. The fourth-order valence-corrected chi connectivity index (χ4v) is 5.47. The Morgan fingerprint density at radius 2 is 1.81 bits per heavy atom. The van der Waals surface area contributed by atoms with Gasteiger partial charge in [-0.1, -0.05) is 11.6 Å². The summed E-state index contributed by atoms with van der Waals surface area (Å²) in [6, 6.07) is 10.9. The van der Waals surface area contributed by atoms with E-state index in [4.69, 9.17) is 25.8 Å². The predicted octanol–water partition coefficient (Wildman–Crippen LogP) is 6.14. The first-order chi connectivity index (χ1) is 17.3. The Kier molecular flexibility index (Phi) is 7.56. The van der Waals surface area contributed by atoms with Crippen molar-refractivity contribution in [3.8, 4) is 17.2 Å². The van der Waals surface area contributed by atoms with E-state index in [1.165, 1.54) is 23.3 Å². The number of aryl methyl sites for hydroxylation is 1. The fourth-order valence-electron chi connectivity index (χ4n) is 4.19. The fraction of sp³-hybridized carbons (Fsp3) is 0.259. The molecule has 1 aliphatic heterocycles. The maximum Gasteiger partial charge on any atom is 0.300 e. The van der Waals surface area contributed by atoms with Gasteiger partial charge in [-0.25, -0.2) is 0 Å². The molecule has 188 valence electrons. The first-order valence-electron chi connectivity index (χ1n) is 11.4. The largest absolute Gasteiger partial charge is 0.507 e. The number of aliphatic hydroxyl groups is 1. The highest BCUT2D eigenvalue weighted by Crippen LogP contribution is 2.46. The number of ether oxygens (including phenoxy) is 3. The molecule has 1 saturated heterocycles. The molecule has 0 spiro atoms. The number of aliphatic hydroxyl groups excluding tert-OH is 1. The average Bonchev–Trinajstić information content (AvgIpc) is 3.39. The predicted molar refractivity (Wildman–Crippen MR) is 141 cm³/mol. The van der Waals surface area contributed by atoms with Gasteiger partial charge in [-0.2, -0.15) is 0 Å². The highest BCUT2D eigenvalue weighted by molar-refractivity contribution is 7.10. The van der Waals surface area contributed by atoms with E-state index in [1.54, 1.807) is 36.4 Å². The number of halogens is 1. The Morgan fingerprint density at radius 3 is 2.42 bits per heavy atom. The third-order valence-electron chi connectivity index (χ3n) is 5.83. The first-order valence-corrected chi connectivity index (χ1v) is 12.7. The van der Waals surface area contributed by atoms with Gasteiger partial charge >= 0.3 is 0 Å². The third-order valence-corrected chi connectivity index (χ3v) is 7.19. The second kappa shape index (κ2) is 10.6. The number of Topliss-reactive ketones (excluding diaryl/α,β-unsaturated/α-hetero) is 1. The van der Waals surface area contributed by atoms with Gasteiger partial charge in [0.25, 0.3) is 11.7 Å². The second-order valence-electron chi connectivity index (χ2n) is 7.98. The maximum atomic E-state index is 13.4. The molecule has 4 rings (SSSR count). The molecule has 3 aromatic rings. The van der Waals surface area contributed by atoms with Crippen LogP contribution in [0.5, 0.6) is 17.2 Å². The number of hydrogen-bond acceptors (Lipinski definition) is 7. The summed E-state index contributed by atoms with van der Waals surface area (Å²) in [6.45, 7) is 6.38. The number of carbonyl (C=O) groups excluding carboxylic acids is 2. The van der Waals surface area contributed by atoms with Crippen LogP contribution in [0, 0.1) is 6.92 Å². The molecule has 1 N–H and O–H groups in total. The molecule has 0 saturated carbocycles. The number of benzene rings is 2. The van der Waals surface area contributed by atoms with Crippen molar-refractivity contribution in [1.29, 1.82) is 0 Å². The van der Waals surface area contributed by atoms with Gasteiger partial charge in [0, 0.05) is 16.6 Å². The Labute approximate surface area is 218 Å². The summed E-state index contributed by atoms with van der Waals surface area (Å²) in [5, 5.41) is 13.7. The van der Waals surface area contributed by atoms with Crippen LogP contribution in [0.15, 0.2) is 53.4 Å².